The summed E-state index contributed by atoms with van der Waals surface area (Å²) in [7, 11) is 0. The van der Waals surface area contributed by atoms with Gasteiger partial charge in [0.05, 0.1) is 11.6 Å². The average Bonchev–Trinajstić information content (AvgIpc) is 2.40. The highest BCUT2D eigenvalue weighted by Crippen LogP contribution is 2.37. The van der Waals surface area contributed by atoms with Gasteiger partial charge in [0.25, 0.3) is 6.43 Å². The molecule has 2 nitrogen and oxygen atoms in total. The van der Waals surface area contributed by atoms with E-state index >= 15 is 0 Å². The maximum Gasteiger partial charge on any atom is 0.419 e. The van der Waals surface area contributed by atoms with Crippen LogP contribution in [0, 0.1) is 5.82 Å². The van der Waals surface area contributed by atoms with Crippen LogP contribution in [-0.2, 0) is 6.18 Å². The molecule has 0 aliphatic carbocycles. The lowest BCUT2D eigenvalue weighted by atomic mass is 10.0. The molecule has 1 heterocycles. The van der Waals surface area contributed by atoms with Crippen LogP contribution < -0.4 is 5.32 Å². The highest BCUT2D eigenvalue weighted by molar-refractivity contribution is 5.85. The van der Waals surface area contributed by atoms with E-state index in [2.05, 4.69) is 5.32 Å². The Morgan fingerprint density at radius 2 is 1.61 bits per heavy atom. The van der Waals surface area contributed by atoms with Crippen LogP contribution in [0.1, 0.15) is 17.2 Å². The van der Waals surface area contributed by atoms with Crippen molar-refractivity contribution in [2.75, 3.05) is 26.2 Å². The normalized spacial score (nSPS) is 17.3. The highest BCUT2D eigenvalue weighted by atomic mass is 35.5. The topological polar surface area (TPSA) is 15.3 Å². The van der Waals surface area contributed by atoms with Gasteiger partial charge >= 0.3 is 6.18 Å². The number of piperazine rings is 1. The van der Waals surface area contributed by atoms with E-state index in [4.69, 9.17) is 0 Å². The molecule has 10 heteroatoms. The summed E-state index contributed by atoms with van der Waals surface area (Å²) in [5.41, 5.74) is -2.12. The van der Waals surface area contributed by atoms with Gasteiger partial charge < -0.3 is 5.32 Å². The van der Waals surface area contributed by atoms with E-state index in [9.17, 15) is 26.3 Å². The molecule has 0 bridgehead atoms. The van der Waals surface area contributed by atoms with Crippen LogP contribution in [0.5, 0.6) is 0 Å². The first-order valence-corrected chi connectivity index (χ1v) is 6.41. The lowest BCUT2D eigenvalue weighted by Crippen LogP contribution is -2.47. The minimum absolute atomic E-state index is 0. The lowest BCUT2D eigenvalue weighted by molar-refractivity contribution is -0.140. The van der Waals surface area contributed by atoms with Gasteiger partial charge in [0.15, 0.2) is 0 Å². The molecule has 1 aliphatic rings. The Labute approximate surface area is 142 Å². The van der Waals surface area contributed by atoms with Crippen LogP contribution in [0.25, 0.3) is 0 Å². The number of nitrogens with zero attached hydrogens (tertiary/aromatic N) is 1. The van der Waals surface area contributed by atoms with Crippen LogP contribution in [0.15, 0.2) is 18.2 Å². The number of hydrogen-bond acceptors (Lipinski definition) is 2. The van der Waals surface area contributed by atoms with Crippen molar-refractivity contribution >= 4 is 24.8 Å². The van der Waals surface area contributed by atoms with Crippen molar-refractivity contribution in [1.29, 1.82) is 0 Å². The zero-order valence-corrected chi connectivity index (χ0v) is 13.4. The molecule has 23 heavy (non-hydrogen) atoms. The minimum Gasteiger partial charge on any atom is -0.314 e. The van der Waals surface area contributed by atoms with Gasteiger partial charge in [0.1, 0.15) is 5.82 Å². The number of alkyl halides is 5. The van der Waals surface area contributed by atoms with Gasteiger partial charge in [-0.15, -0.1) is 24.8 Å². The van der Waals surface area contributed by atoms with Crippen molar-refractivity contribution in [3.05, 3.63) is 35.1 Å². The second-order valence-electron chi connectivity index (χ2n) is 4.77. The Morgan fingerprint density at radius 3 is 2.09 bits per heavy atom. The van der Waals surface area contributed by atoms with E-state index in [0.29, 0.717) is 19.2 Å². The van der Waals surface area contributed by atoms with Gasteiger partial charge in [-0.05, 0) is 6.07 Å². The summed E-state index contributed by atoms with van der Waals surface area (Å²) >= 11 is 0. The molecular weight excluding hydrogens is 369 g/mol. The first-order valence-electron chi connectivity index (χ1n) is 6.41. The second kappa shape index (κ2) is 8.96. The van der Waals surface area contributed by atoms with Crippen molar-refractivity contribution in [2.24, 2.45) is 0 Å². The largest absolute Gasteiger partial charge is 0.419 e. The van der Waals surface area contributed by atoms with Crippen LogP contribution in [0.4, 0.5) is 26.3 Å². The SMILES string of the molecule is Cl.Cl.Fc1c([C@H](C(F)F)N2CCNCC2)cccc1C(F)(F)F. The Hall–Kier alpha value is -0.700. The molecule has 0 saturated carbocycles. The number of halogens is 8. The Morgan fingerprint density at radius 1 is 1.04 bits per heavy atom. The van der Waals surface area contributed by atoms with E-state index in [-0.39, 0.29) is 37.9 Å². The number of nitrogens with one attached hydrogen (secondary N) is 1. The smallest absolute Gasteiger partial charge is 0.314 e. The molecule has 0 aromatic heterocycles. The van der Waals surface area contributed by atoms with E-state index in [1.54, 1.807) is 0 Å². The van der Waals surface area contributed by atoms with E-state index < -0.39 is 35.6 Å². The number of hydrogen-bond donors (Lipinski definition) is 1. The van der Waals surface area contributed by atoms with Crippen LogP contribution in [0.2, 0.25) is 0 Å². The third-order valence-corrected chi connectivity index (χ3v) is 3.44. The summed E-state index contributed by atoms with van der Waals surface area (Å²) in [6.45, 7) is 1.32. The zero-order chi connectivity index (χ0) is 15.6. The third-order valence-electron chi connectivity index (χ3n) is 3.44. The van der Waals surface area contributed by atoms with E-state index in [1.165, 1.54) is 4.90 Å². The van der Waals surface area contributed by atoms with Crippen molar-refractivity contribution in [3.8, 4) is 0 Å². The molecule has 0 unspecified atom stereocenters. The van der Waals surface area contributed by atoms with Gasteiger partial charge in [-0.2, -0.15) is 13.2 Å². The highest BCUT2D eigenvalue weighted by Gasteiger charge is 2.38. The molecule has 1 atom stereocenters. The maximum absolute atomic E-state index is 14.0. The molecule has 1 aromatic carbocycles. The van der Waals surface area contributed by atoms with Crippen LogP contribution in [0.3, 0.4) is 0 Å². The Balaban J connectivity index is 0.00000242. The summed E-state index contributed by atoms with van der Waals surface area (Å²) in [5, 5.41) is 2.95. The van der Waals surface area contributed by atoms with Gasteiger partial charge in [0.2, 0.25) is 0 Å². The molecule has 1 fully saturated rings. The monoisotopic (exact) mass is 384 g/mol. The summed E-state index contributed by atoms with van der Waals surface area (Å²) in [5.74, 6) is -1.62. The van der Waals surface area contributed by atoms with Crippen LogP contribution in [-0.4, -0.2) is 37.5 Å². The molecule has 0 spiro atoms. The maximum atomic E-state index is 14.0. The first kappa shape index (κ1) is 22.3. The molecule has 1 saturated heterocycles. The quantitative estimate of drug-likeness (QED) is 0.795. The minimum atomic E-state index is -4.91. The second-order valence-corrected chi connectivity index (χ2v) is 4.77. The summed E-state index contributed by atoms with van der Waals surface area (Å²) in [6.07, 6.45) is -7.88. The Kier molecular flexibility index (Phi) is 8.69. The standard InChI is InChI=1S/C13H14F6N2.2ClH/c14-10-8(2-1-3-9(10)13(17,18)19)11(12(15)16)21-6-4-20-5-7-21;;/h1-3,11-12,20H,4-7H2;2*1H/t11-;;/m1../s1. The molecule has 134 valence electrons. The summed E-state index contributed by atoms with van der Waals surface area (Å²) < 4.78 is 78.6. The predicted octanol–water partition coefficient (Wildman–Crippen LogP) is 3.90. The molecule has 1 aliphatic heterocycles. The molecule has 1 aromatic rings. The predicted molar refractivity (Wildman–Crippen MR) is 79.1 cm³/mol. The molecular formula is C13H16Cl2F6N2. The zero-order valence-electron chi connectivity index (χ0n) is 11.7. The van der Waals surface area contributed by atoms with Gasteiger partial charge in [-0.25, -0.2) is 13.2 Å². The fraction of sp³-hybridized carbons (Fsp3) is 0.538. The van der Waals surface area contributed by atoms with Crippen molar-refractivity contribution in [1.82, 2.24) is 10.2 Å². The van der Waals surface area contributed by atoms with E-state index in [0.717, 1.165) is 12.1 Å². The number of rotatable bonds is 3. The van der Waals surface area contributed by atoms with Gasteiger partial charge in [-0.3, -0.25) is 4.90 Å². The third kappa shape index (κ3) is 5.14. The van der Waals surface area contributed by atoms with Crippen LogP contribution >= 0.6 is 24.8 Å². The van der Waals surface area contributed by atoms with Crippen molar-refractivity contribution < 1.29 is 26.3 Å². The Bertz CT molecular complexity index is 492. The summed E-state index contributed by atoms with van der Waals surface area (Å²) in [4.78, 5) is 1.31. The summed E-state index contributed by atoms with van der Waals surface area (Å²) in [6, 6.07) is 0.830. The fourth-order valence-corrected chi connectivity index (χ4v) is 2.45. The average molecular weight is 385 g/mol. The molecule has 1 N–H and O–H groups in total. The van der Waals surface area contributed by atoms with Gasteiger partial charge in [0, 0.05) is 31.7 Å². The number of benzene rings is 1. The van der Waals surface area contributed by atoms with Crippen molar-refractivity contribution in [3.63, 3.8) is 0 Å². The lowest BCUT2D eigenvalue weighted by Gasteiger charge is -2.35. The molecule has 2 rings (SSSR count). The fourth-order valence-electron chi connectivity index (χ4n) is 2.45. The van der Waals surface area contributed by atoms with Crippen molar-refractivity contribution in [2.45, 2.75) is 18.6 Å². The van der Waals surface area contributed by atoms with Gasteiger partial charge in [-0.1, -0.05) is 12.1 Å². The first-order chi connectivity index (χ1) is 9.82. The molecule has 0 radical (unpaired) electrons. The van der Waals surface area contributed by atoms with E-state index in [1.807, 2.05) is 0 Å². The molecule has 0 amide bonds.